The normalized spacial score (nSPS) is 12.8. The van der Waals surface area contributed by atoms with E-state index in [2.05, 4.69) is 81.5 Å². The van der Waals surface area contributed by atoms with Crippen molar-refractivity contribution in [2.45, 2.75) is 155 Å². The van der Waals surface area contributed by atoms with Gasteiger partial charge in [-0.15, -0.1) is 0 Å². The maximum atomic E-state index is 12.4. The number of rotatable bonds is 31. The predicted octanol–water partition coefficient (Wildman–Crippen LogP) is 11.2. The van der Waals surface area contributed by atoms with Crippen molar-refractivity contribution in [2.75, 3.05) is 13.2 Å². The first-order valence-electron chi connectivity index (χ1n) is 18.4. The van der Waals surface area contributed by atoms with E-state index in [-0.39, 0.29) is 37.5 Å². The topological polar surface area (TPSA) is 78.9 Å². The van der Waals surface area contributed by atoms with Gasteiger partial charge in [0.25, 0.3) is 0 Å². The number of ether oxygens (including phenoxy) is 3. The Kier molecular flexibility index (Phi) is 33.3. The van der Waals surface area contributed by atoms with Crippen molar-refractivity contribution in [3.05, 3.63) is 72.9 Å². The smallest absolute Gasteiger partial charge is 0.306 e. The highest BCUT2D eigenvalue weighted by Gasteiger charge is 2.19. The van der Waals surface area contributed by atoms with Crippen LogP contribution in [0.5, 0.6) is 0 Å². The Bertz CT molecular complexity index is 940. The van der Waals surface area contributed by atoms with Gasteiger partial charge in [-0.05, 0) is 57.8 Å². The fraction of sp³-hybridized carbons (Fsp3) is 0.634. The average Bonchev–Trinajstić information content (AvgIpc) is 3.06. The molecule has 0 N–H and O–H groups in total. The van der Waals surface area contributed by atoms with Crippen molar-refractivity contribution in [3.63, 3.8) is 0 Å². The van der Waals surface area contributed by atoms with Gasteiger partial charge in [-0.3, -0.25) is 14.4 Å². The number of carbonyl (C=O) groups excluding carboxylic acids is 3. The minimum Gasteiger partial charge on any atom is -0.462 e. The molecule has 0 amide bonds. The minimum absolute atomic E-state index is 0.101. The number of unbranched alkanes of at least 4 members (excludes halogenated alkanes) is 8. The summed E-state index contributed by atoms with van der Waals surface area (Å²) in [7, 11) is 0. The van der Waals surface area contributed by atoms with Crippen molar-refractivity contribution in [3.8, 4) is 0 Å². The van der Waals surface area contributed by atoms with Gasteiger partial charge in [0.15, 0.2) is 6.10 Å². The quantitative estimate of drug-likeness (QED) is 0.0320. The summed E-state index contributed by atoms with van der Waals surface area (Å²) in [6.07, 6.45) is 42.5. The van der Waals surface area contributed by atoms with Crippen LogP contribution in [0.15, 0.2) is 72.9 Å². The number of hydrogen-bond acceptors (Lipinski definition) is 6. The van der Waals surface area contributed by atoms with Crippen molar-refractivity contribution < 1.29 is 28.6 Å². The fourth-order valence-corrected chi connectivity index (χ4v) is 4.46. The summed E-state index contributed by atoms with van der Waals surface area (Å²) in [5, 5.41) is 0. The number of esters is 3. The lowest BCUT2D eigenvalue weighted by molar-refractivity contribution is -0.166. The van der Waals surface area contributed by atoms with Crippen LogP contribution in [0.3, 0.4) is 0 Å². The minimum atomic E-state index is -0.794. The second-order valence-corrected chi connectivity index (χ2v) is 11.8. The van der Waals surface area contributed by atoms with Gasteiger partial charge in [-0.1, -0.05) is 145 Å². The Morgan fingerprint density at radius 1 is 0.447 bits per heavy atom. The zero-order chi connectivity index (χ0) is 34.5. The highest BCUT2D eigenvalue weighted by molar-refractivity contribution is 5.71. The van der Waals surface area contributed by atoms with Crippen LogP contribution in [-0.4, -0.2) is 37.2 Å². The predicted molar refractivity (Wildman–Crippen MR) is 196 cm³/mol. The van der Waals surface area contributed by atoms with Crippen LogP contribution < -0.4 is 0 Å². The van der Waals surface area contributed by atoms with Gasteiger partial charge in [0, 0.05) is 19.3 Å². The highest BCUT2D eigenvalue weighted by Crippen LogP contribution is 2.10. The van der Waals surface area contributed by atoms with Crippen molar-refractivity contribution in [2.24, 2.45) is 0 Å². The van der Waals surface area contributed by atoms with Gasteiger partial charge in [-0.2, -0.15) is 0 Å². The second kappa shape index (κ2) is 35.7. The Morgan fingerprint density at radius 3 is 1.28 bits per heavy atom. The van der Waals surface area contributed by atoms with E-state index in [1.54, 1.807) is 0 Å². The molecule has 0 rings (SSSR count). The molecule has 0 aliphatic rings. The number of allylic oxidation sites excluding steroid dienone is 12. The molecular formula is C41H66O6. The summed E-state index contributed by atoms with van der Waals surface area (Å²) in [5.74, 6) is -1.03. The van der Waals surface area contributed by atoms with Gasteiger partial charge >= 0.3 is 17.9 Å². The molecule has 0 unspecified atom stereocenters. The molecule has 0 aromatic rings. The SMILES string of the molecule is CC/C=C\C/C=C\C/C=C\C/C=C\C/C=C\C/C=C\CCC(=O)OC[C@H](COC(=O)CCCCCCC)OC(=O)CCCCCCC. The van der Waals surface area contributed by atoms with Gasteiger partial charge in [0.1, 0.15) is 13.2 Å². The van der Waals surface area contributed by atoms with E-state index < -0.39 is 6.10 Å². The van der Waals surface area contributed by atoms with Crippen LogP contribution in [-0.2, 0) is 28.6 Å². The van der Waals surface area contributed by atoms with Crippen LogP contribution in [0.4, 0.5) is 0 Å². The second-order valence-electron chi connectivity index (χ2n) is 11.8. The summed E-state index contributed by atoms with van der Waals surface area (Å²) in [5.41, 5.74) is 0. The molecule has 0 aromatic carbocycles. The van der Waals surface area contributed by atoms with Gasteiger partial charge < -0.3 is 14.2 Å². The number of carbonyl (C=O) groups is 3. The molecule has 0 fully saturated rings. The fourth-order valence-electron chi connectivity index (χ4n) is 4.46. The molecule has 0 saturated heterocycles. The third kappa shape index (κ3) is 34.0. The lowest BCUT2D eigenvalue weighted by Crippen LogP contribution is -2.30. The van der Waals surface area contributed by atoms with E-state index in [1.165, 1.54) is 0 Å². The standard InChI is InChI=1S/C41H66O6/c1-4-7-10-13-14-15-16-17-18-19-20-21-22-23-24-25-26-29-31-34-40(43)46-37-38(47-41(44)35-32-28-12-9-6-3)36-45-39(42)33-30-27-11-8-5-2/h7,10,14-15,17-18,20-21,23-24,26,29,38H,4-6,8-9,11-13,16,19,22,25,27-28,30-37H2,1-3H3/b10-7-,15-14-,18-17-,21-20-,24-23-,29-26-/t38-/m0/s1. The van der Waals surface area contributed by atoms with Crippen LogP contribution in [0.25, 0.3) is 0 Å². The molecule has 0 bridgehead atoms. The molecule has 0 radical (unpaired) electrons. The van der Waals surface area contributed by atoms with Crippen LogP contribution in [0.1, 0.15) is 149 Å². The number of hydrogen-bond donors (Lipinski definition) is 0. The average molecular weight is 655 g/mol. The molecule has 0 aliphatic heterocycles. The van der Waals surface area contributed by atoms with E-state index in [1.807, 2.05) is 12.2 Å². The zero-order valence-electron chi connectivity index (χ0n) is 30.0. The summed E-state index contributed by atoms with van der Waals surface area (Å²) in [6.45, 7) is 6.23. The van der Waals surface area contributed by atoms with Crippen LogP contribution >= 0.6 is 0 Å². The maximum Gasteiger partial charge on any atom is 0.306 e. The lowest BCUT2D eigenvalue weighted by Gasteiger charge is -2.18. The van der Waals surface area contributed by atoms with E-state index in [9.17, 15) is 14.4 Å². The summed E-state index contributed by atoms with van der Waals surface area (Å²) < 4.78 is 16.3. The molecule has 0 heterocycles. The Labute approximate surface area is 287 Å². The van der Waals surface area contributed by atoms with E-state index in [4.69, 9.17) is 14.2 Å². The van der Waals surface area contributed by atoms with E-state index in [0.29, 0.717) is 19.3 Å². The molecule has 0 aliphatic carbocycles. The molecule has 0 saturated carbocycles. The van der Waals surface area contributed by atoms with Crippen LogP contribution in [0.2, 0.25) is 0 Å². The molecule has 6 nitrogen and oxygen atoms in total. The Hall–Kier alpha value is -3.15. The first-order valence-corrected chi connectivity index (χ1v) is 18.4. The molecule has 0 spiro atoms. The Morgan fingerprint density at radius 2 is 0.830 bits per heavy atom. The van der Waals surface area contributed by atoms with Gasteiger partial charge in [-0.25, -0.2) is 0 Å². The first-order chi connectivity index (χ1) is 23.0. The summed E-state index contributed by atoms with van der Waals surface area (Å²) in [6, 6.07) is 0. The van der Waals surface area contributed by atoms with Crippen molar-refractivity contribution >= 4 is 17.9 Å². The van der Waals surface area contributed by atoms with Gasteiger partial charge in [0.2, 0.25) is 0 Å². The van der Waals surface area contributed by atoms with Crippen LogP contribution in [0, 0.1) is 0 Å². The van der Waals surface area contributed by atoms with Crippen molar-refractivity contribution in [1.82, 2.24) is 0 Å². The first kappa shape index (κ1) is 43.9. The lowest BCUT2D eigenvalue weighted by atomic mass is 10.1. The third-order valence-electron chi connectivity index (χ3n) is 7.24. The van der Waals surface area contributed by atoms with E-state index >= 15 is 0 Å². The molecule has 6 heteroatoms. The molecule has 266 valence electrons. The molecule has 47 heavy (non-hydrogen) atoms. The molecule has 1 atom stereocenters. The monoisotopic (exact) mass is 654 g/mol. The summed E-state index contributed by atoms with van der Waals surface area (Å²) >= 11 is 0. The van der Waals surface area contributed by atoms with Crippen molar-refractivity contribution in [1.29, 1.82) is 0 Å². The van der Waals surface area contributed by atoms with Gasteiger partial charge in [0.05, 0.1) is 0 Å². The molecular weight excluding hydrogens is 588 g/mol. The third-order valence-corrected chi connectivity index (χ3v) is 7.24. The molecule has 0 aromatic heterocycles. The van der Waals surface area contributed by atoms with E-state index in [0.717, 1.165) is 103 Å². The highest BCUT2D eigenvalue weighted by atomic mass is 16.6. The largest absolute Gasteiger partial charge is 0.462 e. The maximum absolute atomic E-state index is 12.4. The summed E-state index contributed by atoms with van der Waals surface area (Å²) in [4.78, 5) is 36.9. The Balaban J connectivity index is 4.30. The zero-order valence-corrected chi connectivity index (χ0v) is 30.0.